The number of hydrogen-bond acceptors (Lipinski definition) is 5. The first-order valence-corrected chi connectivity index (χ1v) is 8.56. The number of amides is 1. The van der Waals surface area contributed by atoms with Gasteiger partial charge < -0.3 is 14.8 Å². The van der Waals surface area contributed by atoms with Gasteiger partial charge in [-0.2, -0.15) is 5.10 Å². The summed E-state index contributed by atoms with van der Waals surface area (Å²) in [6, 6.07) is 13.7. The normalized spacial score (nSPS) is 10.9. The maximum atomic E-state index is 12.2. The SMILES string of the molecule is COC(CNC(=O)c1ccc(-c2cnn(Cc3ccccc3)c2)nc1)OC. The van der Waals surface area contributed by atoms with Crippen molar-refractivity contribution >= 4 is 5.91 Å². The van der Waals surface area contributed by atoms with E-state index in [1.165, 1.54) is 19.8 Å². The van der Waals surface area contributed by atoms with Crippen LogP contribution in [0.1, 0.15) is 15.9 Å². The van der Waals surface area contributed by atoms with Crippen molar-refractivity contribution in [1.82, 2.24) is 20.1 Å². The fourth-order valence-electron chi connectivity index (χ4n) is 2.59. The third-order valence-corrected chi connectivity index (χ3v) is 4.10. The van der Waals surface area contributed by atoms with Gasteiger partial charge in [-0.25, -0.2) is 0 Å². The number of carbonyl (C=O) groups is 1. The molecule has 27 heavy (non-hydrogen) atoms. The maximum absolute atomic E-state index is 12.2. The van der Waals surface area contributed by atoms with E-state index in [1.54, 1.807) is 18.5 Å². The van der Waals surface area contributed by atoms with Gasteiger partial charge in [-0.05, 0) is 17.7 Å². The molecule has 0 fully saturated rings. The van der Waals surface area contributed by atoms with Crippen molar-refractivity contribution in [3.8, 4) is 11.3 Å². The van der Waals surface area contributed by atoms with Gasteiger partial charge in [0.05, 0.1) is 30.5 Å². The molecule has 0 bridgehead atoms. The van der Waals surface area contributed by atoms with E-state index >= 15 is 0 Å². The summed E-state index contributed by atoms with van der Waals surface area (Å²) >= 11 is 0. The first-order chi connectivity index (χ1) is 13.2. The molecule has 140 valence electrons. The molecule has 0 unspecified atom stereocenters. The molecule has 0 radical (unpaired) electrons. The lowest BCUT2D eigenvalue weighted by Gasteiger charge is -2.13. The van der Waals surface area contributed by atoms with Gasteiger partial charge in [-0.15, -0.1) is 0 Å². The number of methoxy groups -OCH3 is 2. The van der Waals surface area contributed by atoms with Crippen LogP contribution in [0.5, 0.6) is 0 Å². The second kappa shape index (κ2) is 9.07. The van der Waals surface area contributed by atoms with Crippen LogP contribution in [0.15, 0.2) is 61.1 Å². The minimum Gasteiger partial charge on any atom is -0.354 e. The molecule has 0 aliphatic carbocycles. The number of ether oxygens (including phenoxy) is 2. The van der Waals surface area contributed by atoms with E-state index in [2.05, 4.69) is 27.5 Å². The van der Waals surface area contributed by atoms with Crippen LogP contribution >= 0.6 is 0 Å². The van der Waals surface area contributed by atoms with Gasteiger partial charge >= 0.3 is 0 Å². The smallest absolute Gasteiger partial charge is 0.253 e. The lowest BCUT2D eigenvalue weighted by molar-refractivity contribution is -0.0974. The fourth-order valence-corrected chi connectivity index (χ4v) is 2.59. The molecule has 7 heteroatoms. The molecule has 0 aliphatic rings. The van der Waals surface area contributed by atoms with Crippen molar-refractivity contribution in [2.75, 3.05) is 20.8 Å². The molecule has 7 nitrogen and oxygen atoms in total. The molecule has 2 heterocycles. The lowest BCUT2D eigenvalue weighted by Crippen LogP contribution is -2.34. The zero-order valence-corrected chi connectivity index (χ0v) is 15.3. The van der Waals surface area contributed by atoms with E-state index in [4.69, 9.17) is 9.47 Å². The molecule has 0 atom stereocenters. The summed E-state index contributed by atoms with van der Waals surface area (Å²) in [7, 11) is 3.04. The van der Waals surface area contributed by atoms with E-state index < -0.39 is 6.29 Å². The summed E-state index contributed by atoms with van der Waals surface area (Å²) < 4.78 is 12.0. The van der Waals surface area contributed by atoms with E-state index in [-0.39, 0.29) is 12.5 Å². The van der Waals surface area contributed by atoms with Crippen LogP contribution < -0.4 is 5.32 Å². The second-order valence-electron chi connectivity index (χ2n) is 5.96. The molecule has 0 saturated carbocycles. The van der Waals surface area contributed by atoms with E-state index in [0.717, 1.165) is 11.3 Å². The molecule has 1 N–H and O–H groups in total. The molecule has 2 aromatic heterocycles. The Balaban J connectivity index is 1.63. The largest absolute Gasteiger partial charge is 0.354 e. The van der Waals surface area contributed by atoms with Crippen molar-refractivity contribution in [3.05, 3.63) is 72.2 Å². The maximum Gasteiger partial charge on any atom is 0.253 e. The Morgan fingerprint density at radius 2 is 1.89 bits per heavy atom. The summed E-state index contributed by atoms with van der Waals surface area (Å²) in [5, 5.41) is 7.13. The molecular weight excluding hydrogens is 344 g/mol. The van der Waals surface area contributed by atoms with Crippen LogP contribution in [0.3, 0.4) is 0 Å². The zero-order valence-electron chi connectivity index (χ0n) is 15.3. The summed E-state index contributed by atoms with van der Waals surface area (Å²) in [5.74, 6) is -0.229. The molecule has 3 aromatic rings. The minimum atomic E-state index is -0.475. The van der Waals surface area contributed by atoms with Gasteiger partial charge in [-0.3, -0.25) is 14.5 Å². The standard InChI is InChI=1S/C20H22N4O3/c1-26-19(27-2)12-22-20(25)16-8-9-18(21-10-16)17-11-23-24(14-17)13-15-6-4-3-5-7-15/h3-11,14,19H,12-13H2,1-2H3,(H,22,25). The third-order valence-electron chi connectivity index (χ3n) is 4.10. The number of nitrogens with one attached hydrogen (secondary N) is 1. The topological polar surface area (TPSA) is 78.3 Å². The average molecular weight is 366 g/mol. The molecule has 0 spiro atoms. The Morgan fingerprint density at radius 3 is 2.56 bits per heavy atom. The number of pyridine rings is 1. The third kappa shape index (κ3) is 4.99. The highest BCUT2D eigenvalue weighted by molar-refractivity contribution is 5.94. The molecule has 1 amide bonds. The van der Waals surface area contributed by atoms with Crippen LogP contribution in [0.4, 0.5) is 0 Å². The molecule has 1 aromatic carbocycles. The number of carbonyl (C=O) groups excluding carboxylic acids is 1. The average Bonchev–Trinajstić information content (AvgIpc) is 3.18. The van der Waals surface area contributed by atoms with Gasteiger partial charge in [0.25, 0.3) is 5.91 Å². The van der Waals surface area contributed by atoms with Crippen LogP contribution in [-0.2, 0) is 16.0 Å². The fraction of sp³-hybridized carbons (Fsp3) is 0.250. The Bertz CT molecular complexity index is 858. The van der Waals surface area contributed by atoms with Crippen LogP contribution in [0.2, 0.25) is 0 Å². The van der Waals surface area contributed by atoms with Gasteiger partial charge in [0.2, 0.25) is 0 Å². The highest BCUT2D eigenvalue weighted by atomic mass is 16.7. The van der Waals surface area contributed by atoms with Gasteiger partial charge in [0, 0.05) is 32.2 Å². The van der Waals surface area contributed by atoms with Gasteiger partial charge in [-0.1, -0.05) is 30.3 Å². The van der Waals surface area contributed by atoms with Crippen LogP contribution in [0, 0.1) is 0 Å². The quantitative estimate of drug-likeness (QED) is 0.619. The molecule has 3 rings (SSSR count). The van der Waals surface area contributed by atoms with E-state index in [0.29, 0.717) is 12.1 Å². The Labute approximate surface area is 158 Å². The van der Waals surface area contributed by atoms with Gasteiger partial charge in [0.15, 0.2) is 6.29 Å². The van der Waals surface area contributed by atoms with Crippen molar-refractivity contribution < 1.29 is 14.3 Å². The van der Waals surface area contributed by atoms with Crippen LogP contribution in [0.25, 0.3) is 11.3 Å². The first kappa shape index (κ1) is 18.8. The second-order valence-corrected chi connectivity index (χ2v) is 5.96. The lowest BCUT2D eigenvalue weighted by atomic mass is 10.2. The molecule has 0 saturated heterocycles. The number of aromatic nitrogens is 3. The monoisotopic (exact) mass is 366 g/mol. The molecule has 0 aliphatic heterocycles. The summed E-state index contributed by atoms with van der Waals surface area (Å²) in [4.78, 5) is 16.5. The number of rotatable bonds is 8. The number of nitrogens with zero attached hydrogens (tertiary/aromatic N) is 3. The highest BCUT2D eigenvalue weighted by Crippen LogP contribution is 2.17. The van der Waals surface area contributed by atoms with Crippen LogP contribution in [-0.4, -0.2) is 47.7 Å². The van der Waals surface area contributed by atoms with E-state index in [1.807, 2.05) is 35.1 Å². The van der Waals surface area contributed by atoms with Crippen molar-refractivity contribution in [2.45, 2.75) is 12.8 Å². The Kier molecular flexibility index (Phi) is 6.30. The predicted molar refractivity (Wildman–Crippen MR) is 101 cm³/mol. The summed E-state index contributed by atoms with van der Waals surface area (Å²) in [5.41, 5.74) is 3.31. The van der Waals surface area contributed by atoms with E-state index in [9.17, 15) is 4.79 Å². The summed E-state index contributed by atoms with van der Waals surface area (Å²) in [6.07, 6.45) is 4.79. The highest BCUT2D eigenvalue weighted by Gasteiger charge is 2.11. The summed E-state index contributed by atoms with van der Waals surface area (Å²) in [6.45, 7) is 0.960. The van der Waals surface area contributed by atoms with Gasteiger partial charge in [0.1, 0.15) is 0 Å². The minimum absolute atomic E-state index is 0.229. The zero-order chi connectivity index (χ0) is 19.1. The predicted octanol–water partition coefficient (Wildman–Crippen LogP) is 2.34. The number of benzene rings is 1. The Hall–Kier alpha value is -3.03. The van der Waals surface area contributed by atoms with Crippen molar-refractivity contribution in [3.63, 3.8) is 0 Å². The van der Waals surface area contributed by atoms with Crippen molar-refractivity contribution in [2.24, 2.45) is 0 Å². The van der Waals surface area contributed by atoms with Crippen molar-refractivity contribution in [1.29, 1.82) is 0 Å². The Morgan fingerprint density at radius 1 is 1.11 bits per heavy atom. The molecular formula is C20H22N4O3. The first-order valence-electron chi connectivity index (χ1n) is 8.56. The number of hydrogen-bond donors (Lipinski definition) is 1.